The minimum atomic E-state index is -0.596. The van der Waals surface area contributed by atoms with E-state index in [9.17, 15) is 9.59 Å². The van der Waals surface area contributed by atoms with Crippen molar-refractivity contribution in [3.8, 4) is 0 Å². The van der Waals surface area contributed by atoms with Crippen LogP contribution in [0.15, 0.2) is 23.3 Å². The van der Waals surface area contributed by atoms with Gasteiger partial charge in [0.2, 0.25) is 0 Å². The molecule has 7 unspecified atom stereocenters. The maximum atomic E-state index is 14.3. The lowest BCUT2D eigenvalue weighted by atomic mass is 9.32. The van der Waals surface area contributed by atoms with Gasteiger partial charge in [0.05, 0.1) is 5.41 Å². The fraction of sp³-hybridized carbons (Fsp3) is 0.812. The van der Waals surface area contributed by atoms with Crippen molar-refractivity contribution in [1.82, 2.24) is 0 Å². The number of rotatable bonds is 1. The molecular formula is C32H46O4. The number of esters is 2. The van der Waals surface area contributed by atoms with Crippen LogP contribution in [0.2, 0.25) is 0 Å². The molecule has 1 aliphatic heterocycles. The number of hydrogen-bond acceptors (Lipinski definition) is 4. The molecule has 36 heavy (non-hydrogen) atoms. The van der Waals surface area contributed by atoms with E-state index in [0.29, 0.717) is 5.92 Å². The van der Waals surface area contributed by atoms with Crippen molar-refractivity contribution < 1.29 is 19.1 Å². The van der Waals surface area contributed by atoms with Crippen LogP contribution < -0.4 is 0 Å². The zero-order valence-electron chi connectivity index (χ0n) is 23.8. The molecule has 1 heterocycles. The first-order valence-corrected chi connectivity index (χ1v) is 14.4. The highest BCUT2D eigenvalue weighted by Gasteiger charge is 2.83. The molecular weight excluding hydrogens is 448 g/mol. The van der Waals surface area contributed by atoms with Gasteiger partial charge in [-0.2, -0.15) is 0 Å². The van der Waals surface area contributed by atoms with E-state index >= 15 is 0 Å². The minimum absolute atomic E-state index is 0.0870. The van der Waals surface area contributed by atoms with Crippen molar-refractivity contribution in [2.45, 2.75) is 125 Å². The molecule has 7 atom stereocenters. The molecule has 1 saturated heterocycles. The van der Waals surface area contributed by atoms with E-state index in [1.807, 2.05) is 0 Å². The molecule has 0 aromatic rings. The Hall–Kier alpha value is -1.58. The topological polar surface area (TPSA) is 52.6 Å². The summed E-state index contributed by atoms with van der Waals surface area (Å²) in [6.45, 7) is 18.0. The first-order valence-electron chi connectivity index (χ1n) is 14.4. The molecule has 3 saturated carbocycles. The van der Waals surface area contributed by atoms with Crippen LogP contribution in [0.4, 0.5) is 0 Å². The fourth-order valence-corrected chi connectivity index (χ4v) is 10.7. The highest BCUT2D eigenvalue weighted by Crippen LogP contribution is 2.81. The zero-order valence-corrected chi connectivity index (χ0v) is 23.8. The SMILES string of the molecule is CC(=O)OC1CCC2=C(C=CC34OC(=O)C5(CCC23C)C2CC(C)(C)CCC2(C)CCC54C)C1(C)C. The van der Waals surface area contributed by atoms with Crippen LogP contribution in [-0.4, -0.2) is 23.6 Å². The van der Waals surface area contributed by atoms with E-state index in [4.69, 9.17) is 9.47 Å². The predicted molar refractivity (Wildman–Crippen MR) is 140 cm³/mol. The standard InChI is InChI=1S/C32H46O4/c1-20(33)35-24-10-9-22-21(27(24,4)5)11-12-32-29(22,7)16-18-31(25(34)36-32)23-19-26(2,3)13-14-28(23,6)15-17-30(31,32)8/h11-12,23-24H,9-10,13-19H2,1-8H3. The average molecular weight is 495 g/mol. The number of carbonyl (C=O) groups is 2. The molecule has 5 aliphatic carbocycles. The van der Waals surface area contributed by atoms with E-state index in [1.165, 1.54) is 37.3 Å². The molecule has 0 radical (unpaired) electrons. The molecule has 0 aromatic heterocycles. The molecule has 4 heteroatoms. The van der Waals surface area contributed by atoms with Gasteiger partial charge in [0.25, 0.3) is 0 Å². The summed E-state index contributed by atoms with van der Waals surface area (Å²) in [5, 5.41) is 0. The van der Waals surface area contributed by atoms with E-state index in [2.05, 4.69) is 60.6 Å². The normalized spacial score (nSPS) is 49.8. The van der Waals surface area contributed by atoms with Gasteiger partial charge in [-0.15, -0.1) is 0 Å². The Balaban J connectivity index is 1.49. The summed E-state index contributed by atoms with van der Waals surface area (Å²) in [5.74, 6) is 0.257. The summed E-state index contributed by atoms with van der Waals surface area (Å²) in [6, 6.07) is 0. The summed E-state index contributed by atoms with van der Waals surface area (Å²) < 4.78 is 12.6. The molecule has 198 valence electrons. The van der Waals surface area contributed by atoms with Gasteiger partial charge in [0.15, 0.2) is 0 Å². The zero-order chi connectivity index (χ0) is 26.2. The van der Waals surface area contributed by atoms with Gasteiger partial charge in [-0.3, -0.25) is 9.59 Å². The Morgan fingerprint density at radius 1 is 0.972 bits per heavy atom. The summed E-state index contributed by atoms with van der Waals surface area (Å²) in [6.07, 6.45) is 13.9. The van der Waals surface area contributed by atoms with Crippen LogP contribution in [0.3, 0.4) is 0 Å². The minimum Gasteiger partial charge on any atom is -0.462 e. The van der Waals surface area contributed by atoms with Gasteiger partial charge in [-0.1, -0.05) is 60.1 Å². The van der Waals surface area contributed by atoms with Gasteiger partial charge in [0, 0.05) is 23.2 Å². The lowest BCUT2D eigenvalue weighted by Gasteiger charge is -2.69. The van der Waals surface area contributed by atoms with Gasteiger partial charge < -0.3 is 9.47 Å². The largest absolute Gasteiger partial charge is 0.462 e. The second kappa shape index (κ2) is 6.89. The molecule has 0 N–H and O–H groups in total. The lowest BCUT2D eigenvalue weighted by Crippen LogP contribution is -2.69. The first-order chi connectivity index (χ1) is 16.6. The Bertz CT molecular complexity index is 1110. The van der Waals surface area contributed by atoms with Crippen molar-refractivity contribution in [3.63, 3.8) is 0 Å². The summed E-state index contributed by atoms with van der Waals surface area (Å²) in [4.78, 5) is 26.2. The predicted octanol–water partition coefficient (Wildman–Crippen LogP) is 7.32. The van der Waals surface area contributed by atoms with E-state index in [0.717, 1.165) is 38.5 Å². The molecule has 4 fully saturated rings. The van der Waals surface area contributed by atoms with Crippen LogP contribution in [-0.2, 0) is 19.1 Å². The van der Waals surface area contributed by atoms with E-state index < -0.39 is 11.0 Å². The van der Waals surface area contributed by atoms with Gasteiger partial charge >= 0.3 is 11.9 Å². The number of ether oxygens (including phenoxy) is 2. The molecule has 0 aromatic carbocycles. The fourth-order valence-electron chi connectivity index (χ4n) is 10.7. The summed E-state index contributed by atoms with van der Waals surface area (Å²) in [5.41, 5.74) is 1.53. The molecule has 4 nitrogen and oxygen atoms in total. The van der Waals surface area contributed by atoms with Crippen LogP contribution in [0.1, 0.15) is 113 Å². The number of allylic oxidation sites excluding steroid dienone is 1. The molecule has 0 amide bonds. The first kappa shape index (κ1) is 24.7. The molecule has 1 spiro atoms. The van der Waals surface area contributed by atoms with Gasteiger partial charge in [-0.25, -0.2) is 0 Å². The molecule has 6 rings (SSSR count). The second-order valence-corrected chi connectivity index (χ2v) is 15.4. The van der Waals surface area contributed by atoms with Crippen molar-refractivity contribution in [2.24, 2.45) is 38.4 Å². The van der Waals surface area contributed by atoms with E-state index in [1.54, 1.807) is 0 Å². The van der Waals surface area contributed by atoms with Gasteiger partial charge in [0.1, 0.15) is 11.7 Å². The number of fused-ring (bicyclic) bond motifs is 2. The number of hydrogen-bond donors (Lipinski definition) is 0. The summed E-state index contributed by atoms with van der Waals surface area (Å²) >= 11 is 0. The van der Waals surface area contributed by atoms with Crippen LogP contribution in [0.25, 0.3) is 0 Å². The van der Waals surface area contributed by atoms with Crippen molar-refractivity contribution in [2.75, 3.05) is 0 Å². The van der Waals surface area contributed by atoms with E-state index in [-0.39, 0.29) is 45.1 Å². The summed E-state index contributed by atoms with van der Waals surface area (Å²) in [7, 11) is 0. The van der Waals surface area contributed by atoms with Crippen LogP contribution in [0.5, 0.6) is 0 Å². The molecule has 2 bridgehead atoms. The second-order valence-electron chi connectivity index (χ2n) is 15.4. The maximum Gasteiger partial charge on any atom is 0.314 e. The van der Waals surface area contributed by atoms with Crippen molar-refractivity contribution in [3.05, 3.63) is 23.3 Å². The Labute approximate surface area is 217 Å². The van der Waals surface area contributed by atoms with Crippen LogP contribution in [0, 0.1) is 38.4 Å². The Morgan fingerprint density at radius 3 is 2.36 bits per heavy atom. The third kappa shape index (κ3) is 2.58. The maximum absolute atomic E-state index is 14.3. The quantitative estimate of drug-likeness (QED) is 0.358. The Kier molecular flexibility index (Phi) is 4.73. The monoisotopic (exact) mass is 494 g/mol. The van der Waals surface area contributed by atoms with Gasteiger partial charge in [-0.05, 0) is 86.2 Å². The Morgan fingerprint density at radius 2 is 1.67 bits per heavy atom. The molecule has 6 aliphatic rings. The average Bonchev–Trinajstić information content (AvgIpc) is 2.89. The highest BCUT2D eigenvalue weighted by atomic mass is 16.6. The third-order valence-electron chi connectivity index (χ3n) is 13.0. The number of carbonyl (C=O) groups excluding carboxylic acids is 2. The smallest absolute Gasteiger partial charge is 0.314 e. The highest BCUT2D eigenvalue weighted by molar-refractivity contribution is 5.85. The lowest BCUT2D eigenvalue weighted by molar-refractivity contribution is -0.201. The van der Waals surface area contributed by atoms with Crippen LogP contribution >= 0.6 is 0 Å². The van der Waals surface area contributed by atoms with Crippen molar-refractivity contribution in [1.29, 1.82) is 0 Å². The van der Waals surface area contributed by atoms with Crippen molar-refractivity contribution >= 4 is 11.9 Å². The third-order valence-corrected chi connectivity index (χ3v) is 13.0.